The van der Waals surface area contributed by atoms with Crippen LogP contribution in [0.25, 0.3) is 17.0 Å². The maximum absolute atomic E-state index is 14.4. The molecule has 0 spiro atoms. The van der Waals surface area contributed by atoms with Gasteiger partial charge in [0, 0.05) is 33.9 Å². The third-order valence-electron chi connectivity index (χ3n) is 8.17. The number of carbonyl (C=O) groups excluding carboxylic acids is 2. The smallest absolute Gasteiger partial charge is 0.338 e. The van der Waals surface area contributed by atoms with Gasteiger partial charge in [0.25, 0.3) is 5.56 Å². The molecule has 1 aliphatic rings. The number of amides is 1. The molecule has 2 aromatic heterocycles. The SMILES string of the molecule is CCCC1=C(C(=O)OCC)[C@H](c2cc(OC)ccc2OC)n2c(s/c(=C\c3cn(CC(=O)Nc4ccc(F)cc4)c4ccccc34)c2=O)=N1. The fourth-order valence-corrected chi connectivity index (χ4v) is 7.03. The first kappa shape index (κ1) is 33.4. The van der Waals surface area contributed by atoms with Gasteiger partial charge in [0.05, 0.1) is 36.6 Å². The summed E-state index contributed by atoms with van der Waals surface area (Å²) < 4.78 is 33.9. The Balaban J connectivity index is 1.50. The van der Waals surface area contributed by atoms with E-state index >= 15 is 0 Å². The van der Waals surface area contributed by atoms with Crippen LogP contribution < -0.4 is 29.7 Å². The Morgan fingerprint density at radius 2 is 1.82 bits per heavy atom. The molecule has 6 rings (SSSR count). The van der Waals surface area contributed by atoms with Crippen molar-refractivity contribution in [3.05, 3.63) is 121 Å². The highest BCUT2D eigenvalue weighted by atomic mass is 32.1. The van der Waals surface area contributed by atoms with E-state index in [1.807, 2.05) is 37.4 Å². The monoisotopic (exact) mass is 682 g/mol. The highest BCUT2D eigenvalue weighted by Gasteiger charge is 2.36. The first-order valence-corrected chi connectivity index (χ1v) is 16.6. The van der Waals surface area contributed by atoms with E-state index in [0.29, 0.717) is 50.6 Å². The zero-order valence-corrected chi connectivity index (χ0v) is 28.3. The number of thiazole rings is 1. The van der Waals surface area contributed by atoms with E-state index in [1.54, 1.807) is 42.9 Å². The molecule has 3 heterocycles. The summed E-state index contributed by atoms with van der Waals surface area (Å²) in [5.41, 5.74) is 3.04. The van der Waals surface area contributed by atoms with E-state index in [4.69, 9.17) is 19.2 Å². The van der Waals surface area contributed by atoms with Crippen molar-refractivity contribution in [1.29, 1.82) is 0 Å². The van der Waals surface area contributed by atoms with Crippen molar-refractivity contribution in [1.82, 2.24) is 9.13 Å². The van der Waals surface area contributed by atoms with E-state index in [1.165, 1.54) is 47.3 Å². The minimum Gasteiger partial charge on any atom is -0.497 e. The second-order valence-electron chi connectivity index (χ2n) is 11.3. The zero-order chi connectivity index (χ0) is 34.7. The molecule has 1 atom stereocenters. The number of hydrogen-bond donors (Lipinski definition) is 1. The Hall–Kier alpha value is -5.49. The molecule has 1 amide bonds. The van der Waals surface area contributed by atoms with Crippen LogP contribution in [-0.2, 0) is 20.9 Å². The molecule has 0 radical (unpaired) electrons. The second kappa shape index (κ2) is 14.3. The normalized spacial score (nSPS) is 14.4. The molecule has 49 heavy (non-hydrogen) atoms. The molecule has 10 nitrogen and oxygen atoms in total. The van der Waals surface area contributed by atoms with Crippen LogP contribution in [0.3, 0.4) is 0 Å². The van der Waals surface area contributed by atoms with Crippen LogP contribution in [0.1, 0.15) is 43.9 Å². The van der Waals surface area contributed by atoms with Gasteiger partial charge in [-0.05, 0) is 68.0 Å². The quantitative estimate of drug-likeness (QED) is 0.189. The van der Waals surface area contributed by atoms with Gasteiger partial charge in [0.15, 0.2) is 4.80 Å². The van der Waals surface area contributed by atoms with Crippen LogP contribution in [0.2, 0.25) is 0 Å². The third-order valence-corrected chi connectivity index (χ3v) is 9.15. The highest BCUT2D eigenvalue weighted by molar-refractivity contribution is 7.07. The van der Waals surface area contributed by atoms with E-state index in [2.05, 4.69) is 5.32 Å². The third kappa shape index (κ3) is 6.64. The minimum absolute atomic E-state index is 0.00804. The summed E-state index contributed by atoms with van der Waals surface area (Å²) in [6, 6.07) is 17.5. The van der Waals surface area contributed by atoms with Gasteiger partial charge < -0.3 is 24.1 Å². The molecule has 0 aliphatic carbocycles. The standard InChI is InChI=1S/C37H35FN4O6S/c1-5-9-28-33(36(45)48-6-2)34(27-19-25(46-3)16-17-30(27)47-4)42-35(44)31(49-37(42)40-28)18-22-20-41(29-11-8-7-10-26(22)29)21-32(43)39-24-14-12-23(38)13-15-24/h7-8,10-20,34H,5-6,9,21H2,1-4H3,(H,39,43)/b31-18-/t34-/m0/s1. The molecule has 1 N–H and O–H groups in total. The lowest BCUT2D eigenvalue weighted by atomic mass is 9.93. The van der Waals surface area contributed by atoms with Crippen molar-refractivity contribution in [3.8, 4) is 11.5 Å². The van der Waals surface area contributed by atoms with Crippen molar-refractivity contribution >= 4 is 45.9 Å². The van der Waals surface area contributed by atoms with Crippen molar-refractivity contribution in [2.24, 2.45) is 4.99 Å². The molecular weight excluding hydrogens is 647 g/mol. The van der Waals surface area contributed by atoms with Crippen LogP contribution >= 0.6 is 11.3 Å². The molecular formula is C37H35FN4O6S. The number of aromatic nitrogens is 2. The molecule has 0 saturated heterocycles. The zero-order valence-electron chi connectivity index (χ0n) is 27.5. The number of hydrogen-bond acceptors (Lipinski definition) is 8. The lowest BCUT2D eigenvalue weighted by Gasteiger charge is -2.27. The van der Waals surface area contributed by atoms with Crippen molar-refractivity contribution in [2.45, 2.75) is 39.3 Å². The summed E-state index contributed by atoms with van der Waals surface area (Å²) in [6.45, 7) is 3.88. The summed E-state index contributed by atoms with van der Waals surface area (Å²) in [5.74, 6) is -0.230. The average molecular weight is 683 g/mol. The Morgan fingerprint density at radius 1 is 1.04 bits per heavy atom. The first-order chi connectivity index (χ1) is 23.8. The lowest BCUT2D eigenvalue weighted by Crippen LogP contribution is -2.40. The molecule has 252 valence electrons. The predicted octanol–water partition coefficient (Wildman–Crippen LogP) is 5.33. The lowest BCUT2D eigenvalue weighted by molar-refractivity contribution is -0.139. The highest BCUT2D eigenvalue weighted by Crippen LogP contribution is 2.38. The van der Waals surface area contributed by atoms with Crippen LogP contribution in [0.5, 0.6) is 11.5 Å². The van der Waals surface area contributed by atoms with Crippen molar-refractivity contribution in [2.75, 3.05) is 26.1 Å². The summed E-state index contributed by atoms with van der Waals surface area (Å²) in [5, 5.41) is 3.64. The van der Waals surface area contributed by atoms with E-state index < -0.39 is 17.8 Å². The number of fused-ring (bicyclic) bond motifs is 2. The van der Waals surface area contributed by atoms with Crippen LogP contribution in [0.4, 0.5) is 10.1 Å². The number of rotatable bonds is 11. The first-order valence-electron chi connectivity index (χ1n) is 15.8. The Labute approximate surface area is 285 Å². The van der Waals surface area contributed by atoms with Crippen LogP contribution in [0, 0.1) is 5.82 Å². The van der Waals surface area contributed by atoms with Gasteiger partial charge in [0.2, 0.25) is 5.91 Å². The predicted molar refractivity (Wildman–Crippen MR) is 186 cm³/mol. The second-order valence-corrected chi connectivity index (χ2v) is 12.3. The number of esters is 1. The topological polar surface area (TPSA) is 113 Å². The molecule has 0 saturated carbocycles. The maximum Gasteiger partial charge on any atom is 0.338 e. The van der Waals surface area contributed by atoms with Crippen molar-refractivity contribution < 1.29 is 28.2 Å². The molecule has 1 aliphatic heterocycles. The number of nitrogens with zero attached hydrogens (tertiary/aromatic N) is 3. The fraction of sp³-hybridized carbons (Fsp3) is 0.243. The molecule has 3 aromatic carbocycles. The molecule has 12 heteroatoms. The van der Waals surface area contributed by atoms with Gasteiger partial charge >= 0.3 is 5.97 Å². The van der Waals surface area contributed by atoms with Gasteiger partial charge in [-0.2, -0.15) is 0 Å². The van der Waals surface area contributed by atoms with Crippen LogP contribution in [0.15, 0.2) is 94.0 Å². The number of carbonyl (C=O) groups is 2. The van der Waals surface area contributed by atoms with Gasteiger partial charge in [-0.1, -0.05) is 42.9 Å². The fourth-order valence-electron chi connectivity index (χ4n) is 6.02. The summed E-state index contributed by atoms with van der Waals surface area (Å²) >= 11 is 1.22. The maximum atomic E-state index is 14.4. The summed E-state index contributed by atoms with van der Waals surface area (Å²) in [4.78, 5) is 46.3. The molecule has 5 aromatic rings. The van der Waals surface area contributed by atoms with Gasteiger partial charge in [-0.25, -0.2) is 14.2 Å². The molecule has 0 fully saturated rings. The Bertz CT molecular complexity index is 2270. The number of allylic oxidation sites excluding steroid dienone is 1. The summed E-state index contributed by atoms with van der Waals surface area (Å²) in [6.07, 6.45) is 4.82. The Morgan fingerprint density at radius 3 is 2.53 bits per heavy atom. The molecule has 0 bridgehead atoms. The molecule has 0 unspecified atom stereocenters. The number of methoxy groups -OCH3 is 2. The largest absolute Gasteiger partial charge is 0.497 e. The number of benzene rings is 3. The van der Waals surface area contributed by atoms with E-state index in [9.17, 15) is 18.8 Å². The number of nitrogens with one attached hydrogen (secondary N) is 1. The number of ether oxygens (including phenoxy) is 3. The minimum atomic E-state index is -0.888. The van der Waals surface area contributed by atoms with Crippen molar-refractivity contribution in [3.63, 3.8) is 0 Å². The summed E-state index contributed by atoms with van der Waals surface area (Å²) in [7, 11) is 3.08. The van der Waals surface area contributed by atoms with E-state index in [0.717, 1.165) is 16.5 Å². The van der Waals surface area contributed by atoms with Gasteiger partial charge in [0.1, 0.15) is 29.9 Å². The number of para-hydroxylation sites is 1. The van der Waals surface area contributed by atoms with E-state index in [-0.39, 0.29) is 30.2 Å². The average Bonchev–Trinajstić information content (AvgIpc) is 3.60. The number of halogens is 1. The van der Waals surface area contributed by atoms with Gasteiger partial charge in [-0.15, -0.1) is 0 Å². The van der Waals surface area contributed by atoms with Crippen LogP contribution in [-0.4, -0.2) is 41.8 Å². The van der Waals surface area contributed by atoms with Gasteiger partial charge in [-0.3, -0.25) is 14.2 Å². The Kier molecular flexibility index (Phi) is 9.77. The number of anilines is 1.